The molecule has 3 N–H and O–H groups in total. The molecule has 0 radical (unpaired) electrons. The number of amides is 1. The molecule has 0 fully saturated rings. The summed E-state index contributed by atoms with van der Waals surface area (Å²) in [5, 5.41) is 9.17. The number of nitrogens with one attached hydrogen (secondary N) is 3. The number of hydrogen-bond donors (Lipinski definition) is 3. The monoisotopic (exact) mass is 189 g/mol. The van der Waals surface area contributed by atoms with Crippen molar-refractivity contribution in [2.45, 2.75) is 13.8 Å². The van der Waals surface area contributed by atoms with Crippen LogP contribution in [0.4, 0.5) is 0 Å². The van der Waals surface area contributed by atoms with Gasteiger partial charge in [0.25, 0.3) is 0 Å². The Morgan fingerprint density at radius 2 is 1.83 bits per heavy atom. The van der Waals surface area contributed by atoms with Crippen LogP contribution in [0.3, 0.4) is 0 Å². The Balaban J connectivity index is 3.19. The van der Waals surface area contributed by atoms with E-state index in [0.717, 1.165) is 6.54 Å². The minimum absolute atomic E-state index is 0.0221. The van der Waals surface area contributed by atoms with Crippen LogP contribution in [0.15, 0.2) is 0 Å². The fourth-order valence-corrected chi connectivity index (χ4v) is 0.884. The SMILES string of the molecule is CCNC(=S)NCCNC(C)=O. The second-order valence-electron chi connectivity index (χ2n) is 2.27. The standard InChI is InChI=1S/C7H15N3OS/c1-3-8-7(12)10-5-4-9-6(2)11/h3-5H2,1-2H3,(H,9,11)(H2,8,10,12). The minimum atomic E-state index is -0.0221. The third kappa shape index (κ3) is 7.27. The van der Waals surface area contributed by atoms with Crippen LogP contribution >= 0.6 is 12.2 Å². The number of hydrogen-bond acceptors (Lipinski definition) is 2. The first-order valence-electron chi connectivity index (χ1n) is 3.93. The van der Waals surface area contributed by atoms with Gasteiger partial charge in [-0.1, -0.05) is 0 Å². The summed E-state index contributed by atoms with van der Waals surface area (Å²) in [6.07, 6.45) is 0. The maximum absolute atomic E-state index is 10.4. The molecule has 0 unspecified atom stereocenters. The Kier molecular flexibility index (Phi) is 6.37. The molecular formula is C7H15N3OS. The predicted octanol–water partition coefficient (Wildman–Crippen LogP) is -0.393. The van der Waals surface area contributed by atoms with Crippen molar-refractivity contribution >= 4 is 23.2 Å². The lowest BCUT2D eigenvalue weighted by atomic mass is 10.6. The molecule has 0 saturated carbocycles. The smallest absolute Gasteiger partial charge is 0.216 e. The molecule has 0 bridgehead atoms. The van der Waals surface area contributed by atoms with Crippen molar-refractivity contribution in [1.82, 2.24) is 16.0 Å². The third-order valence-corrected chi connectivity index (χ3v) is 1.41. The number of thiocarbonyl (C=S) groups is 1. The van der Waals surface area contributed by atoms with Gasteiger partial charge in [0, 0.05) is 26.6 Å². The highest BCUT2D eigenvalue weighted by Crippen LogP contribution is 1.66. The van der Waals surface area contributed by atoms with Gasteiger partial charge in [-0.15, -0.1) is 0 Å². The van der Waals surface area contributed by atoms with Gasteiger partial charge in [0.05, 0.1) is 0 Å². The lowest BCUT2D eigenvalue weighted by Gasteiger charge is -2.08. The van der Waals surface area contributed by atoms with Crippen molar-refractivity contribution in [3.63, 3.8) is 0 Å². The highest BCUT2D eigenvalue weighted by Gasteiger charge is 1.92. The Hall–Kier alpha value is -0.840. The van der Waals surface area contributed by atoms with E-state index in [4.69, 9.17) is 12.2 Å². The molecular weight excluding hydrogens is 174 g/mol. The molecule has 0 aliphatic rings. The summed E-state index contributed by atoms with van der Waals surface area (Å²) in [6.45, 7) is 5.53. The number of carbonyl (C=O) groups excluding carboxylic acids is 1. The molecule has 0 aromatic heterocycles. The van der Waals surface area contributed by atoms with E-state index in [1.54, 1.807) is 0 Å². The second kappa shape index (κ2) is 6.84. The van der Waals surface area contributed by atoms with Crippen molar-refractivity contribution in [2.24, 2.45) is 0 Å². The third-order valence-electron chi connectivity index (χ3n) is 1.12. The van der Waals surface area contributed by atoms with Crippen LogP contribution in [-0.2, 0) is 4.79 Å². The van der Waals surface area contributed by atoms with Gasteiger partial charge in [-0.2, -0.15) is 0 Å². The van der Waals surface area contributed by atoms with E-state index in [2.05, 4.69) is 16.0 Å². The van der Waals surface area contributed by atoms with Crippen molar-refractivity contribution in [3.8, 4) is 0 Å². The second-order valence-corrected chi connectivity index (χ2v) is 2.68. The fraction of sp³-hybridized carbons (Fsp3) is 0.714. The topological polar surface area (TPSA) is 53.2 Å². The van der Waals surface area contributed by atoms with Gasteiger partial charge in [0.1, 0.15) is 0 Å². The lowest BCUT2D eigenvalue weighted by Crippen LogP contribution is -2.39. The number of carbonyl (C=O) groups is 1. The quantitative estimate of drug-likeness (QED) is 0.416. The van der Waals surface area contributed by atoms with E-state index in [-0.39, 0.29) is 5.91 Å². The molecule has 1 amide bonds. The zero-order valence-corrected chi connectivity index (χ0v) is 8.25. The maximum Gasteiger partial charge on any atom is 0.216 e. The van der Waals surface area contributed by atoms with Gasteiger partial charge in [-0.25, -0.2) is 0 Å². The maximum atomic E-state index is 10.4. The average Bonchev–Trinajstić information content (AvgIpc) is 1.98. The van der Waals surface area contributed by atoms with Gasteiger partial charge in [0.15, 0.2) is 5.11 Å². The van der Waals surface area contributed by atoms with Gasteiger partial charge < -0.3 is 16.0 Å². The summed E-state index contributed by atoms with van der Waals surface area (Å²) in [7, 11) is 0. The molecule has 0 rings (SSSR count). The van der Waals surface area contributed by atoms with E-state index < -0.39 is 0 Å². The van der Waals surface area contributed by atoms with E-state index >= 15 is 0 Å². The molecule has 0 aliphatic heterocycles. The van der Waals surface area contributed by atoms with Gasteiger partial charge >= 0.3 is 0 Å². The van der Waals surface area contributed by atoms with Gasteiger partial charge in [-0.3, -0.25) is 4.79 Å². The summed E-state index contributed by atoms with van der Waals surface area (Å²) < 4.78 is 0. The molecule has 0 heterocycles. The van der Waals surface area contributed by atoms with Crippen LogP contribution in [0.5, 0.6) is 0 Å². The van der Waals surface area contributed by atoms with Crippen LogP contribution in [0, 0.1) is 0 Å². The first-order chi connectivity index (χ1) is 5.66. The zero-order chi connectivity index (χ0) is 9.40. The Bertz CT molecular complexity index is 161. The normalized spacial score (nSPS) is 8.83. The molecule has 12 heavy (non-hydrogen) atoms. The first-order valence-corrected chi connectivity index (χ1v) is 4.33. The molecule has 0 aromatic carbocycles. The highest BCUT2D eigenvalue weighted by atomic mass is 32.1. The van der Waals surface area contributed by atoms with Crippen LogP contribution < -0.4 is 16.0 Å². The van der Waals surface area contributed by atoms with Crippen molar-refractivity contribution < 1.29 is 4.79 Å². The predicted molar refractivity (Wildman–Crippen MR) is 53.0 cm³/mol. The summed E-state index contributed by atoms with van der Waals surface area (Å²) in [6, 6.07) is 0. The fourth-order valence-electron chi connectivity index (χ4n) is 0.638. The average molecular weight is 189 g/mol. The number of rotatable bonds is 4. The summed E-state index contributed by atoms with van der Waals surface area (Å²) in [4.78, 5) is 10.4. The molecule has 0 atom stereocenters. The summed E-state index contributed by atoms with van der Waals surface area (Å²) in [5.41, 5.74) is 0. The van der Waals surface area contributed by atoms with Gasteiger partial charge in [-0.05, 0) is 19.1 Å². The largest absolute Gasteiger partial charge is 0.363 e. The molecule has 70 valence electrons. The van der Waals surface area contributed by atoms with Crippen molar-refractivity contribution in [1.29, 1.82) is 0 Å². The van der Waals surface area contributed by atoms with E-state index in [0.29, 0.717) is 18.2 Å². The van der Waals surface area contributed by atoms with Crippen molar-refractivity contribution in [2.75, 3.05) is 19.6 Å². The molecule has 0 spiro atoms. The lowest BCUT2D eigenvalue weighted by molar-refractivity contribution is -0.118. The van der Waals surface area contributed by atoms with E-state index in [1.807, 2.05) is 6.92 Å². The van der Waals surface area contributed by atoms with Crippen LogP contribution in [0.25, 0.3) is 0 Å². The molecule has 0 aromatic rings. The molecule has 4 nitrogen and oxygen atoms in total. The Morgan fingerprint density at radius 3 is 2.33 bits per heavy atom. The molecule has 0 saturated heterocycles. The Morgan fingerprint density at radius 1 is 1.25 bits per heavy atom. The van der Waals surface area contributed by atoms with Crippen molar-refractivity contribution in [3.05, 3.63) is 0 Å². The summed E-state index contributed by atoms with van der Waals surface area (Å²) in [5.74, 6) is -0.0221. The summed E-state index contributed by atoms with van der Waals surface area (Å²) >= 11 is 4.90. The molecule has 5 heteroatoms. The highest BCUT2D eigenvalue weighted by molar-refractivity contribution is 7.80. The first kappa shape index (κ1) is 11.2. The minimum Gasteiger partial charge on any atom is -0.363 e. The van der Waals surface area contributed by atoms with Crippen LogP contribution in [0.1, 0.15) is 13.8 Å². The van der Waals surface area contributed by atoms with Gasteiger partial charge in [0.2, 0.25) is 5.91 Å². The van der Waals surface area contributed by atoms with Crippen LogP contribution in [-0.4, -0.2) is 30.7 Å². The molecule has 0 aliphatic carbocycles. The van der Waals surface area contributed by atoms with E-state index in [1.165, 1.54) is 6.92 Å². The zero-order valence-electron chi connectivity index (χ0n) is 7.44. The van der Waals surface area contributed by atoms with Crippen LogP contribution in [0.2, 0.25) is 0 Å². The van der Waals surface area contributed by atoms with E-state index in [9.17, 15) is 4.79 Å². The Labute approximate surface area is 78.1 Å².